The number of rotatable bonds is 5. The summed E-state index contributed by atoms with van der Waals surface area (Å²) in [5.41, 5.74) is 7.11. The lowest BCUT2D eigenvalue weighted by molar-refractivity contribution is -0.116. The van der Waals surface area contributed by atoms with Gasteiger partial charge in [-0.2, -0.15) is 0 Å². The van der Waals surface area contributed by atoms with Crippen molar-refractivity contribution in [1.82, 2.24) is 15.2 Å². The van der Waals surface area contributed by atoms with Gasteiger partial charge in [-0.15, -0.1) is 0 Å². The Balaban J connectivity index is 1.22. The van der Waals surface area contributed by atoms with Crippen LogP contribution < -0.4 is 11.1 Å². The molecule has 3 atom stereocenters. The van der Waals surface area contributed by atoms with Crippen LogP contribution in [0.15, 0.2) is 54.7 Å². The van der Waals surface area contributed by atoms with Crippen LogP contribution in [0, 0.1) is 17.8 Å². The highest BCUT2D eigenvalue weighted by molar-refractivity contribution is 5.94. The number of nitrogens with one attached hydrogen (secondary N) is 1. The molecule has 6 heteroatoms. The van der Waals surface area contributed by atoms with E-state index in [-0.39, 0.29) is 11.8 Å². The van der Waals surface area contributed by atoms with Gasteiger partial charge in [-0.3, -0.25) is 9.59 Å². The lowest BCUT2D eigenvalue weighted by atomic mass is 10.2. The Labute approximate surface area is 158 Å². The first-order chi connectivity index (χ1) is 13.1. The van der Waals surface area contributed by atoms with Crippen molar-refractivity contribution in [2.24, 2.45) is 17.8 Å². The number of carbonyl (C=O) groups is 2. The molecule has 1 saturated heterocycles. The molecule has 1 aromatic heterocycles. The summed E-state index contributed by atoms with van der Waals surface area (Å²) in [6.07, 6.45) is 4.86. The quantitative estimate of drug-likeness (QED) is 0.794. The Morgan fingerprint density at radius 1 is 1.15 bits per heavy atom. The van der Waals surface area contributed by atoms with Gasteiger partial charge >= 0.3 is 0 Å². The van der Waals surface area contributed by atoms with Crippen molar-refractivity contribution in [3.8, 4) is 0 Å². The predicted molar refractivity (Wildman–Crippen MR) is 104 cm³/mol. The normalized spacial score (nSPS) is 23.3. The van der Waals surface area contributed by atoms with E-state index in [1.807, 2.05) is 41.3 Å². The van der Waals surface area contributed by atoms with Gasteiger partial charge in [-0.25, -0.2) is 4.98 Å². The second kappa shape index (κ2) is 7.23. The maximum Gasteiger partial charge on any atom is 0.253 e. The molecule has 0 spiro atoms. The number of likely N-dealkylation sites (tertiary alicyclic amines) is 1. The smallest absolute Gasteiger partial charge is 0.253 e. The molecular weight excluding hydrogens is 340 g/mol. The molecule has 2 aromatic rings. The van der Waals surface area contributed by atoms with E-state index in [0.717, 1.165) is 24.2 Å². The van der Waals surface area contributed by atoms with E-state index in [1.54, 1.807) is 18.3 Å². The van der Waals surface area contributed by atoms with E-state index in [2.05, 4.69) is 10.3 Å². The number of piperidine rings is 1. The van der Waals surface area contributed by atoms with E-state index in [1.165, 1.54) is 6.08 Å². The van der Waals surface area contributed by atoms with Crippen LogP contribution in [-0.4, -0.2) is 41.3 Å². The highest BCUT2D eigenvalue weighted by Crippen LogP contribution is 2.51. The number of hydrogen-bond acceptors (Lipinski definition) is 4. The number of amides is 2. The highest BCUT2D eigenvalue weighted by Gasteiger charge is 2.56. The summed E-state index contributed by atoms with van der Waals surface area (Å²) < 4.78 is 0. The van der Waals surface area contributed by atoms with Gasteiger partial charge in [0.2, 0.25) is 5.91 Å². The maximum absolute atomic E-state index is 12.5. The summed E-state index contributed by atoms with van der Waals surface area (Å²) in [6, 6.07) is 12.9. The summed E-state index contributed by atoms with van der Waals surface area (Å²) >= 11 is 0. The Kier molecular flexibility index (Phi) is 4.62. The first-order valence-electron chi connectivity index (χ1n) is 9.13. The lowest BCUT2D eigenvalue weighted by Gasteiger charge is -2.20. The van der Waals surface area contributed by atoms with E-state index in [4.69, 9.17) is 5.73 Å². The van der Waals surface area contributed by atoms with Crippen LogP contribution in [0.1, 0.15) is 15.9 Å². The average molecular weight is 362 g/mol. The molecule has 1 aliphatic carbocycles. The molecule has 3 N–H and O–H groups in total. The molecule has 138 valence electrons. The molecule has 1 aliphatic heterocycles. The van der Waals surface area contributed by atoms with Gasteiger partial charge in [-0.05, 0) is 53.7 Å². The van der Waals surface area contributed by atoms with E-state index in [0.29, 0.717) is 30.1 Å². The third kappa shape index (κ3) is 3.84. The molecule has 2 fully saturated rings. The second-order valence-electron chi connectivity index (χ2n) is 7.16. The summed E-state index contributed by atoms with van der Waals surface area (Å²) in [6.45, 7) is 2.23. The number of nitrogens with two attached hydrogens (primary N) is 1. The SMILES string of the molecule is Nc1ccc(/C=C/C(=O)NCC2[C@H]3CN(C(=O)c4ccccc4)C[C@@H]23)cn1. The Hall–Kier alpha value is -3.15. The van der Waals surface area contributed by atoms with E-state index >= 15 is 0 Å². The van der Waals surface area contributed by atoms with Gasteiger partial charge in [-0.1, -0.05) is 18.2 Å². The minimum absolute atomic E-state index is 0.102. The zero-order valence-electron chi connectivity index (χ0n) is 14.9. The first-order valence-corrected chi connectivity index (χ1v) is 9.13. The molecule has 2 amide bonds. The summed E-state index contributed by atoms with van der Waals surface area (Å²) in [5.74, 6) is 1.92. The number of benzene rings is 1. The molecule has 2 heterocycles. The van der Waals surface area contributed by atoms with Crippen LogP contribution >= 0.6 is 0 Å². The number of hydrogen-bond donors (Lipinski definition) is 2. The number of carbonyl (C=O) groups excluding carboxylic acids is 2. The number of aromatic nitrogens is 1. The fourth-order valence-corrected chi connectivity index (χ4v) is 3.85. The monoisotopic (exact) mass is 362 g/mol. The summed E-state index contributed by atoms with van der Waals surface area (Å²) in [4.78, 5) is 30.4. The molecule has 6 nitrogen and oxygen atoms in total. The molecule has 1 saturated carbocycles. The standard InChI is InChI=1S/C21H22N4O2/c22-19-8-6-14(10-23-19)7-9-20(26)24-11-16-17-12-25(13-18(16)17)21(27)15-4-2-1-3-5-15/h1-10,16-18H,11-13H2,(H2,22,23)(H,24,26)/b9-7+/t16?,17-,18+. The maximum atomic E-state index is 12.5. The van der Waals surface area contributed by atoms with Gasteiger partial charge < -0.3 is 16.0 Å². The van der Waals surface area contributed by atoms with Crippen LogP contribution in [-0.2, 0) is 4.79 Å². The molecule has 1 aromatic carbocycles. The van der Waals surface area contributed by atoms with E-state index in [9.17, 15) is 9.59 Å². The van der Waals surface area contributed by atoms with Crippen molar-refractivity contribution in [3.63, 3.8) is 0 Å². The van der Waals surface area contributed by atoms with E-state index < -0.39 is 0 Å². The largest absolute Gasteiger partial charge is 0.384 e. The molecule has 0 radical (unpaired) electrons. The van der Waals surface area contributed by atoms with Crippen LogP contribution in [0.25, 0.3) is 6.08 Å². The zero-order chi connectivity index (χ0) is 18.8. The zero-order valence-corrected chi connectivity index (χ0v) is 14.9. The lowest BCUT2D eigenvalue weighted by Crippen LogP contribution is -2.33. The fraction of sp³-hybridized carbons (Fsp3) is 0.286. The average Bonchev–Trinajstić information content (AvgIpc) is 3.15. The molecule has 27 heavy (non-hydrogen) atoms. The number of nitrogen functional groups attached to an aromatic ring is 1. The summed E-state index contributed by atoms with van der Waals surface area (Å²) in [5, 5.41) is 2.96. The van der Waals surface area contributed by atoms with Crippen molar-refractivity contribution >= 4 is 23.7 Å². The van der Waals surface area contributed by atoms with Crippen molar-refractivity contribution < 1.29 is 9.59 Å². The topological polar surface area (TPSA) is 88.3 Å². The Bertz CT molecular complexity index is 852. The fourth-order valence-electron chi connectivity index (χ4n) is 3.85. The number of fused-ring (bicyclic) bond motifs is 1. The van der Waals surface area contributed by atoms with Gasteiger partial charge in [0.15, 0.2) is 0 Å². The third-order valence-electron chi connectivity index (χ3n) is 5.43. The molecule has 1 unspecified atom stereocenters. The molecule has 4 rings (SSSR count). The van der Waals surface area contributed by atoms with Gasteiger partial charge in [0.05, 0.1) is 0 Å². The summed E-state index contributed by atoms with van der Waals surface area (Å²) in [7, 11) is 0. The van der Waals surface area contributed by atoms with Gasteiger partial charge in [0.25, 0.3) is 5.91 Å². The Morgan fingerprint density at radius 2 is 1.89 bits per heavy atom. The number of pyridine rings is 1. The van der Waals surface area contributed by atoms with Crippen molar-refractivity contribution in [2.75, 3.05) is 25.4 Å². The number of anilines is 1. The highest BCUT2D eigenvalue weighted by atomic mass is 16.2. The van der Waals surface area contributed by atoms with Crippen molar-refractivity contribution in [1.29, 1.82) is 0 Å². The van der Waals surface area contributed by atoms with Crippen molar-refractivity contribution in [2.45, 2.75) is 0 Å². The Morgan fingerprint density at radius 3 is 2.56 bits per heavy atom. The predicted octanol–water partition coefficient (Wildman–Crippen LogP) is 1.81. The molecule has 2 aliphatic rings. The minimum Gasteiger partial charge on any atom is -0.384 e. The first kappa shape index (κ1) is 17.3. The molecular formula is C21H22N4O2. The third-order valence-corrected chi connectivity index (χ3v) is 5.43. The van der Waals surface area contributed by atoms with Gasteiger partial charge in [0.1, 0.15) is 5.82 Å². The van der Waals surface area contributed by atoms with Crippen LogP contribution in [0.5, 0.6) is 0 Å². The van der Waals surface area contributed by atoms with Crippen molar-refractivity contribution in [3.05, 3.63) is 65.9 Å². The van der Waals surface area contributed by atoms with Crippen LogP contribution in [0.4, 0.5) is 5.82 Å². The minimum atomic E-state index is -0.117. The number of nitrogens with zero attached hydrogens (tertiary/aromatic N) is 2. The molecule has 0 bridgehead atoms. The van der Waals surface area contributed by atoms with Crippen LogP contribution in [0.3, 0.4) is 0 Å². The van der Waals surface area contributed by atoms with Gasteiger partial charge in [0, 0.05) is 37.5 Å². The van der Waals surface area contributed by atoms with Crippen LogP contribution in [0.2, 0.25) is 0 Å². The second-order valence-corrected chi connectivity index (χ2v) is 7.16.